The summed E-state index contributed by atoms with van der Waals surface area (Å²) in [7, 11) is 2.03. The Hall–Kier alpha value is -4.23. The van der Waals surface area contributed by atoms with Gasteiger partial charge in [0.25, 0.3) is 5.91 Å². The first-order chi connectivity index (χ1) is 18.7. The van der Waals surface area contributed by atoms with E-state index < -0.39 is 12.3 Å². The molecule has 2 amide bonds. The van der Waals surface area contributed by atoms with E-state index in [0.717, 1.165) is 6.54 Å². The summed E-state index contributed by atoms with van der Waals surface area (Å²) < 4.78 is 22.0. The molecule has 202 valence electrons. The highest BCUT2D eigenvalue weighted by Crippen LogP contribution is 2.38. The first kappa shape index (κ1) is 25.1. The second-order valence-electron chi connectivity index (χ2n) is 9.61. The fraction of sp³-hybridized carbons (Fsp3) is 0.320. The van der Waals surface area contributed by atoms with Crippen LogP contribution in [0, 0.1) is 0 Å². The van der Waals surface area contributed by atoms with Crippen LogP contribution in [0.15, 0.2) is 42.9 Å². The van der Waals surface area contributed by atoms with Crippen molar-refractivity contribution in [2.75, 3.05) is 31.2 Å². The van der Waals surface area contributed by atoms with Crippen LogP contribution in [0.5, 0.6) is 5.75 Å². The largest absolute Gasteiger partial charge is 0.460 e. The van der Waals surface area contributed by atoms with Crippen molar-refractivity contribution in [1.29, 1.82) is 0 Å². The lowest BCUT2D eigenvalue weighted by Gasteiger charge is -2.60. The van der Waals surface area contributed by atoms with Crippen molar-refractivity contribution >= 4 is 40.6 Å². The maximum atomic E-state index is 13.9. The van der Waals surface area contributed by atoms with Gasteiger partial charge in [0.05, 0.1) is 11.7 Å². The maximum Gasteiger partial charge on any atom is 0.263 e. The number of fused-ring (bicyclic) bond motifs is 2. The zero-order chi connectivity index (χ0) is 27.4. The van der Waals surface area contributed by atoms with Crippen LogP contribution in [-0.4, -0.2) is 84.6 Å². The predicted molar refractivity (Wildman–Crippen MR) is 141 cm³/mol. The molecule has 2 saturated heterocycles. The molecule has 2 aliphatic heterocycles. The van der Waals surface area contributed by atoms with Gasteiger partial charge in [-0.05, 0) is 31.3 Å². The normalized spacial score (nSPS) is 19.2. The molecule has 39 heavy (non-hydrogen) atoms. The van der Waals surface area contributed by atoms with Gasteiger partial charge in [-0.15, -0.1) is 5.10 Å². The van der Waals surface area contributed by atoms with Gasteiger partial charge >= 0.3 is 0 Å². The standard InChI is InChI=1S/C25H25ClFN9O3/c1-13(27)39-19-5-4-14(26)8-15(19)22-16(30-25(38)21-23(28)32-36-7-3-6-29-24(21)36)9-34(31-22)12-20(37)35-11-17-18(35)10-33(17)2/h3-9,13,17-18H,10-12H2,1-2H3,(H2,28,32)(H,30,38). The number of nitrogens with two attached hydrogens (primary N) is 1. The fourth-order valence-electron chi connectivity index (χ4n) is 5.05. The zero-order valence-electron chi connectivity index (χ0n) is 21.1. The molecule has 0 spiro atoms. The van der Waals surface area contributed by atoms with Crippen molar-refractivity contribution in [1.82, 2.24) is 34.2 Å². The number of aromatic nitrogens is 5. The van der Waals surface area contributed by atoms with Crippen LogP contribution in [0.2, 0.25) is 5.02 Å². The molecule has 3 aromatic heterocycles. The number of anilines is 2. The summed E-state index contributed by atoms with van der Waals surface area (Å²) >= 11 is 6.26. The molecule has 2 fully saturated rings. The van der Waals surface area contributed by atoms with E-state index in [1.165, 1.54) is 34.6 Å². The highest BCUT2D eigenvalue weighted by atomic mass is 35.5. The molecule has 3 atom stereocenters. The molecule has 0 aliphatic carbocycles. The summed E-state index contributed by atoms with van der Waals surface area (Å²) in [6.45, 7) is 2.70. The average molecular weight is 554 g/mol. The Labute approximate surface area is 227 Å². The number of piperazine rings is 1. The van der Waals surface area contributed by atoms with Crippen LogP contribution in [0.3, 0.4) is 0 Å². The Morgan fingerprint density at radius 1 is 1.28 bits per heavy atom. The fourth-order valence-corrected chi connectivity index (χ4v) is 5.23. The number of likely N-dealkylation sites (tertiary alicyclic amines) is 2. The third-order valence-electron chi connectivity index (χ3n) is 7.03. The summed E-state index contributed by atoms with van der Waals surface area (Å²) in [5.41, 5.74) is 7.20. The van der Waals surface area contributed by atoms with Crippen molar-refractivity contribution in [2.45, 2.75) is 31.9 Å². The summed E-state index contributed by atoms with van der Waals surface area (Å²) in [4.78, 5) is 34.7. The van der Waals surface area contributed by atoms with Crippen LogP contribution in [0.4, 0.5) is 15.9 Å². The summed E-state index contributed by atoms with van der Waals surface area (Å²) in [5.74, 6) is -0.514. The number of alkyl halides is 1. The minimum Gasteiger partial charge on any atom is -0.460 e. The average Bonchev–Trinajstić information content (AvgIpc) is 3.42. The van der Waals surface area contributed by atoms with Crippen LogP contribution >= 0.6 is 11.6 Å². The van der Waals surface area contributed by atoms with Gasteiger partial charge in [0, 0.05) is 55.2 Å². The molecule has 12 nitrogen and oxygen atoms in total. The van der Waals surface area contributed by atoms with Crippen molar-refractivity contribution in [3.8, 4) is 17.0 Å². The topological polar surface area (TPSA) is 136 Å². The molecular weight excluding hydrogens is 529 g/mol. The number of nitrogens with one attached hydrogen (secondary N) is 1. The molecule has 3 N–H and O–H groups in total. The van der Waals surface area contributed by atoms with Crippen molar-refractivity contribution in [3.05, 3.63) is 53.4 Å². The van der Waals surface area contributed by atoms with Gasteiger partial charge < -0.3 is 20.7 Å². The lowest BCUT2D eigenvalue weighted by Crippen LogP contribution is -2.78. The number of ether oxygens (including phenoxy) is 1. The second kappa shape index (κ2) is 9.50. The zero-order valence-corrected chi connectivity index (χ0v) is 21.8. The van der Waals surface area contributed by atoms with Crippen molar-refractivity contribution in [3.63, 3.8) is 0 Å². The van der Waals surface area contributed by atoms with E-state index in [9.17, 15) is 14.0 Å². The first-order valence-corrected chi connectivity index (χ1v) is 12.7. The van der Waals surface area contributed by atoms with E-state index >= 15 is 0 Å². The molecule has 2 aliphatic rings. The highest BCUT2D eigenvalue weighted by molar-refractivity contribution is 6.31. The van der Waals surface area contributed by atoms with E-state index in [1.807, 2.05) is 11.9 Å². The molecule has 0 saturated carbocycles. The van der Waals surface area contributed by atoms with Gasteiger partial charge in [-0.2, -0.15) is 5.10 Å². The van der Waals surface area contributed by atoms with E-state index in [1.54, 1.807) is 24.4 Å². The van der Waals surface area contributed by atoms with Crippen LogP contribution in [0.1, 0.15) is 17.3 Å². The molecule has 4 aromatic rings. The Balaban J connectivity index is 1.36. The molecule has 1 aromatic carbocycles. The van der Waals surface area contributed by atoms with Gasteiger partial charge in [0.2, 0.25) is 12.3 Å². The predicted octanol–water partition coefficient (Wildman–Crippen LogP) is 2.30. The van der Waals surface area contributed by atoms with Crippen molar-refractivity contribution in [2.24, 2.45) is 0 Å². The Bertz CT molecular complexity index is 1600. The minimum atomic E-state index is -1.61. The van der Waals surface area contributed by atoms with Gasteiger partial charge in [-0.25, -0.2) is 13.9 Å². The van der Waals surface area contributed by atoms with E-state index in [-0.39, 0.29) is 52.7 Å². The van der Waals surface area contributed by atoms with Crippen LogP contribution in [0.25, 0.3) is 16.9 Å². The number of nitrogens with zero attached hydrogens (tertiary/aromatic N) is 7. The third kappa shape index (κ3) is 4.42. The van der Waals surface area contributed by atoms with E-state index in [0.29, 0.717) is 23.2 Å². The number of carbonyl (C=O) groups is 2. The summed E-state index contributed by atoms with van der Waals surface area (Å²) in [6, 6.07) is 6.90. The number of carbonyl (C=O) groups excluding carboxylic acids is 2. The summed E-state index contributed by atoms with van der Waals surface area (Å²) in [6.07, 6.45) is 3.07. The molecule has 5 heterocycles. The second-order valence-corrected chi connectivity index (χ2v) is 10.0. The molecule has 0 bridgehead atoms. The maximum absolute atomic E-state index is 13.9. The SMILES string of the molecule is CC(F)Oc1ccc(Cl)cc1-c1nn(CC(=O)N2CC3C2CN3C)cc1NC(=O)c1c(N)nn2cccnc12. The number of likely N-dealkylation sites (N-methyl/N-ethyl adjacent to an activating group) is 1. The van der Waals surface area contributed by atoms with E-state index in [4.69, 9.17) is 22.1 Å². The van der Waals surface area contributed by atoms with Gasteiger partial charge in [0.15, 0.2) is 11.5 Å². The number of hydrogen-bond donors (Lipinski definition) is 2. The Kier molecular flexibility index (Phi) is 6.11. The number of halogens is 2. The molecule has 6 rings (SSSR count). The monoisotopic (exact) mass is 553 g/mol. The third-order valence-corrected chi connectivity index (χ3v) is 7.27. The quantitative estimate of drug-likeness (QED) is 0.356. The van der Waals surface area contributed by atoms with Crippen molar-refractivity contribution < 1.29 is 18.7 Å². The molecule has 0 radical (unpaired) electrons. The van der Waals surface area contributed by atoms with Gasteiger partial charge in [0.1, 0.15) is 23.6 Å². The Morgan fingerprint density at radius 3 is 2.82 bits per heavy atom. The number of benzene rings is 1. The number of nitrogen functional groups attached to an aromatic ring is 1. The van der Waals surface area contributed by atoms with E-state index in [2.05, 4.69) is 25.4 Å². The first-order valence-electron chi connectivity index (χ1n) is 12.3. The van der Waals surface area contributed by atoms with Gasteiger partial charge in [-0.1, -0.05) is 11.6 Å². The van der Waals surface area contributed by atoms with Gasteiger partial charge in [-0.3, -0.25) is 19.2 Å². The Morgan fingerprint density at radius 2 is 2.10 bits per heavy atom. The number of amides is 2. The smallest absolute Gasteiger partial charge is 0.263 e. The lowest BCUT2D eigenvalue weighted by molar-refractivity contribution is -0.162. The lowest BCUT2D eigenvalue weighted by atomic mass is 9.86. The summed E-state index contributed by atoms with van der Waals surface area (Å²) in [5, 5.41) is 11.9. The minimum absolute atomic E-state index is 0.00819. The number of hydrogen-bond acceptors (Lipinski definition) is 8. The van der Waals surface area contributed by atoms with Crippen LogP contribution < -0.4 is 15.8 Å². The molecule has 3 unspecified atom stereocenters. The number of rotatable bonds is 7. The van der Waals surface area contributed by atoms with Crippen LogP contribution in [-0.2, 0) is 11.3 Å². The highest BCUT2D eigenvalue weighted by Gasteiger charge is 2.51. The molecule has 14 heteroatoms. The molecular formula is C25H25ClFN9O3.